The zero-order chi connectivity index (χ0) is 10.1. The highest BCUT2D eigenvalue weighted by atomic mass is 35.5. The fourth-order valence-electron chi connectivity index (χ4n) is 1.17. The smallest absolute Gasteiger partial charge is 0.193 e. The normalized spacial score (nSPS) is 11.1. The number of hydrogen-bond donors (Lipinski definition) is 0. The molecule has 0 bridgehead atoms. The second-order valence-corrected chi connectivity index (χ2v) is 3.73. The van der Waals surface area contributed by atoms with E-state index in [4.69, 9.17) is 11.6 Å². The molecule has 0 radical (unpaired) electrons. The molecule has 4 nitrogen and oxygen atoms in total. The van der Waals surface area contributed by atoms with Crippen molar-refractivity contribution < 1.29 is 0 Å². The third-order valence-corrected chi connectivity index (χ3v) is 2.19. The summed E-state index contributed by atoms with van der Waals surface area (Å²) in [5.41, 5.74) is 0. The molecule has 0 aliphatic rings. The van der Waals surface area contributed by atoms with Crippen molar-refractivity contribution in [2.24, 2.45) is 0 Å². The van der Waals surface area contributed by atoms with Gasteiger partial charge in [0.15, 0.2) is 5.82 Å². The second-order valence-electron chi connectivity index (χ2n) is 3.33. The fraction of sp³-hybridized carbons (Fsp3) is 0.333. The van der Waals surface area contributed by atoms with Crippen LogP contribution in [0.15, 0.2) is 24.7 Å². The van der Waals surface area contributed by atoms with Crippen LogP contribution in [0.4, 0.5) is 0 Å². The van der Waals surface area contributed by atoms with Crippen molar-refractivity contribution in [3.05, 3.63) is 29.7 Å². The third-order valence-electron chi connectivity index (χ3n) is 1.92. The Balaban J connectivity index is 2.45. The molecule has 74 valence electrons. The van der Waals surface area contributed by atoms with Crippen molar-refractivity contribution in [2.75, 3.05) is 0 Å². The monoisotopic (exact) mass is 210 g/mol. The summed E-state index contributed by atoms with van der Waals surface area (Å²) in [7, 11) is 0. The van der Waals surface area contributed by atoms with Crippen LogP contribution in [0.1, 0.15) is 19.9 Å². The van der Waals surface area contributed by atoms with Crippen molar-refractivity contribution in [3.63, 3.8) is 0 Å². The van der Waals surface area contributed by atoms with Gasteiger partial charge in [-0.25, -0.2) is 4.68 Å². The largest absolute Gasteiger partial charge is 0.267 e. The summed E-state index contributed by atoms with van der Waals surface area (Å²) in [5, 5.41) is 9.03. The summed E-state index contributed by atoms with van der Waals surface area (Å²) in [4.78, 5) is 0. The van der Waals surface area contributed by atoms with E-state index in [2.05, 4.69) is 24.0 Å². The first-order valence-corrected chi connectivity index (χ1v) is 4.81. The summed E-state index contributed by atoms with van der Waals surface area (Å²) < 4.78 is 3.47. The Morgan fingerprint density at radius 1 is 1.43 bits per heavy atom. The van der Waals surface area contributed by atoms with Gasteiger partial charge in [0.1, 0.15) is 5.02 Å². The summed E-state index contributed by atoms with van der Waals surface area (Å²) in [5.74, 6) is 0.672. The van der Waals surface area contributed by atoms with Gasteiger partial charge in [0.25, 0.3) is 0 Å². The van der Waals surface area contributed by atoms with E-state index >= 15 is 0 Å². The maximum Gasteiger partial charge on any atom is 0.193 e. The van der Waals surface area contributed by atoms with Crippen molar-refractivity contribution in [1.82, 2.24) is 19.6 Å². The minimum atomic E-state index is 0.303. The van der Waals surface area contributed by atoms with Gasteiger partial charge in [-0.15, -0.1) is 0 Å². The quantitative estimate of drug-likeness (QED) is 0.763. The zero-order valence-electron chi connectivity index (χ0n) is 8.05. The Morgan fingerprint density at radius 2 is 2.21 bits per heavy atom. The Hall–Kier alpha value is -1.29. The van der Waals surface area contributed by atoms with E-state index < -0.39 is 0 Å². The lowest BCUT2D eigenvalue weighted by Gasteiger charge is -2.02. The topological polar surface area (TPSA) is 35.6 Å². The summed E-state index contributed by atoms with van der Waals surface area (Å²) in [6.45, 7) is 4.10. The molecule has 0 fully saturated rings. The van der Waals surface area contributed by atoms with Gasteiger partial charge in [-0.3, -0.25) is 4.68 Å². The molecular formula is C9H11ClN4. The molecule has 2 aromatic heterocycles. The van der Waals surface area contributed by atoms with Gasteiger partial charge in [-0.1, -0.05) is 11.6 Å². The van der Waals surface area contributed by atoms with Crippen LogP contribution in [0.25, 0.3) is 5.82 Å². The van der Waals surface area contributed by atoms with Gasteiger partial charge in [0.05, 0.1) is 0 Å². The molecule has 0 amide bonds. The van der Waals surface area contributed by atoms with Crippen LogP contribution in [0, 0.1) is 0 Å². The Kier molecular flexibility index (Phi) is 2.29. The van der Waals surface area contributed by atoms with E-state index in [0.717, 1.165) is 0 Å². The fourth-order valence-corrected chi connectivity index (χ4v) is 1.40. The van der Waals surface area contributed by atoms with Crippen LogP contribution in [0.3, 0.4) is 0 Å². The number of halogens is 1. The Morgan fingerprint density at radius 3 is 2.71 bits per heavy atom. The Bertz CT molecular complexity index is 416. The van der Waals surface area contributed by atoms with Gasteiger partial charge in [0.2, 0.25) is 0 Å². The van der Waals surface area contributed by atoms with Gasteiger partial charge in [0, 0.05) is 24.6 Å². The molecule has 0 saturated carbocycles. The van der Waals surface area contributed by atoms with Crippen LogP contribution in [-0.4, -0.2) is 19.6 Å². The average molecular weight is 211 g/mol. The van der Waals surface area contributed by atoms with E-state index in [9.17, 15) is 0 Å². The lowest BCUT2D eigenvalue weighted by molar-refractivity contribution is 0.528. The van der Waals surface area contributed by atoms with Gasteiger partial charge in [-0.05, 0) is 19.9 Å². The van der Waals surface area contributed by atoms with E-state index in [1.165, 1.54) is 0 Å². The minimum Gasteiger partial charge on any atom is -0.267 e. The molecule has 0 spiro atoms. The van der Waals surface area contributed by atoms with Gasteiger partial charge < -0.3 is 0 Å². The molecular weight excluding hydrogens is 200 g/mol. The van der Waals surface area contributed by atoms with Gasteiger partial charge in [-0.2, -0.15) is 10.2 Å². The van der Waals surface area contributed by atoms with Gasteiger partial charge >= 0.3 is 0 Å². The molecule has 2 aromatic rings. The molecule has 0 aliphatic heterocycles. The number of hydrogen-bond acceptors (Lipinski definition) is 2. The maximum atomic E-state index is 6.04. The lowest BCUT2D eigenvalue weighted by Crippen LogP contribution is -2.03. The molecule has 0 atom stereocenters. The van der Waals surface area contributed by atoms with E-state index in [0.29, 0.717) is 16.9 Å². The van der Waals surface area contributed by atoms with E-state index in [1.807, 2.05) is 23.1 Å². The lowest BCUT2D eigenvalue weighted by atomic mass is 10.4. The highest BCUT2D eigenvalue weighted by molar-refractivity contribution is 6.32. The summed E-state index contributed by atoms with van der Waals surface area (Å²) >= 11 is 6.04. The number of nitrogens with zero attached hydrogens (tertiary/aromatic N) is 4. The second kappa shape index (κ2) is 3.46. The molecule has 5 heteroatoms. The highest BCUT2D eigenvalue weighted by Crippen LogP contribution is 2.19. The highest BCUT2D eigenvalue weighted by Gasteiger charge is 2.10. The molecule has 0 aromatic carbocycles. The molecule has 14 heavy (non-hydrogen) atoms. The SMILES string of the molecule is CC(C)n1cc(Cl)c(-n2cccn2)n1. The van der Waals surface area contributed by atoms with Crippen molar-refractivity contribution in [3.8, 4) is 5.82 Å². The minimum absolute atomic E-state index is 0.303. The zero-order valence-corrected chi connectivity index (χ0v) is 8.81. The summed E-state index contributed by atoms with van der Waals surface area (Å²) in [6, 6.07) is 2.14. The van der Waals surface area contributed by atoms with Crippen LogP contribution >= 0.6 is 11.6 Å². The maximum absolute atomic E-state index is 6.04. The predicted octanol–water partition coefficient (Wildman–Crippen LogP) is 2.30. The standard InChI is InChI=1S/C9H11ClN4/c1-7(2)14-6-8(10)9(12-14)13-5-3-4-11-13/h3-7H,1-2H3. The number of aromatic nitrogens is 4. The molecule has 2 heterocycles. The van der Waals surface area contributed by atoms with Crippen LogP contribution < -0.4 is 0 Å². The van der Waals surface area contributed by atoms with Crippen LogP contribution in [-0.2, 0) is 0 Å². The first-order valence-electron chi connectivity index (χ1n) is 4.43. The third kappa shape index (κ3) is 1.53. The van der Waals surface area contributed by atoms with E-state index in [-0.39, 0.29) is 0 Å². The average Bonchev–Trinajstić information content (AvgIpc) is 2.71. The molecule has 0 unspecified atom stereocenters. The van der Waals surface area contributed by atoms with Crippen molar-refractivity contribution in [1.29, 1.82) is 0 Å². The van der Waals surface area contributed by atoms with E-state index in [1.54, 1.807) is 10.9 Å². The first kappa shape index (κ1) is 9.27. The summed E-state index contributed by atoms with van der Waals surface area (Å²) in [6.07, 6.45) is 5.33. The molecule has 2 rings (SSSR count). The van der Waals surface area contributed by atoms with Crippen molar-refractivity contribution in [2.45, 2.75) is 19.9 Å². The van der Waals surface area contributed by atoms with Crippen LogP contribution in [0.5, 0.6) is 0 Å². The predicted molar refractivity (Wildman–Crippen MR) is 54.7 cm³/mol. The van der Waals surface area contributed by atoms with Crippen molar-refractivity contribution >= 4 is 11.6 Å². The van der Waals surface area contributed by atoms with Crippen LogP contribution in [0.2, 0.25) is 5.02 Å². The Labute approximate surface area is 87.1 Å². The molecule has 0 saturated heterocycles. The number of rotatable bonds is 2. The molecule has 0 N–H and O–H groups in total. The first-order chi connectivity index (χ1) is 6.68. The molecule has 0 aliphatic carbocycles.